The summed E-state index contributed by atoms with van der Waals surface area (Å²) in [6.07, 6.45) is 3.27. The number of hydrogen-bond acceptors (Lipinski definition) is 4. The van der Waals surface area contributed by atoms with Gasteiger partial charge in [-0.15, -0.1) is 0 Å². The van der Waals surface area contributed by atoms with E-state index in [4.69, 9.17) is 16.3 Å². The molecule has 0 unspecified atom stereocenters. The van der Waals surface area contributed by atoms with E-state index in [1.165, 1.54) is 19.5 Å². The first-order valence-corrected chi connectivity index (χ1v) is 7.91. The molecule has 0 fully saturated rings. The molecule has 7 heteroatoms. The lowest BCUT2D eigenvalue weighted by atomic mass is 10.1. The molecule has 1 heterocycles. The summed E-state index contributed by atoms with van der Waals surface area (Å²) in [6, 6.07) is 7.57. The zero-order valence-corrected chi connectivity index (χ0v) is 14.6. The van der Waals surface area contributed by atoms with Crippen LogP contribution in [-0.2, 0) is 16.0 Å². The van der Waals surface area contributed by atoms with Crippen LogP contribution in [0.5, 0.6) is 0 Å². The number of nitrogens with zero attached hydrogens (tertiary/aromatic N) is 1. The molecule has 0 aliphatic rings. The van der Waals surface area contributed by atoms with Crippen molar-refractivity contribution in [1.82, 2.24) is 10.3 Å². The van der Waals surface area contributed by atoms with Gasteiger partial charge in [-0.1, -0.05) is 27.5 Å². The molecule has 2 aromatic rings. The molecule has 0 aliphatic heterocycles. The predicted octanol–water partition coefficient (Wildman–Crippen LogP) is 3.01. The minimum atomic E-state index is -0.824. The van der Waals surface area contributed by atoms with Crippen molar-refractivity contribution in [3.63, 3.8) is 0 Å². The van der Waals surface area contributed by atoms with Gasteiger partial charge in [0.25, 0.3) is 5.91 Å². The topological polar surface area (TPSA) is 68.3 Å². The molecule has 1 aromatic heterocycles. The van der Waals surface area contributed by atoms with E-state index in [9.17, 15) is 9.59 Å². The number of methoxy groups -OCH3 is 1. The smallest absolute Gasteiger partial charge is 0.328 e. The average Bonchev–Trinajstić information content (AvgIpc) is 2.57. The van der Waals surface area contributed by atoms with Crippen molar-refractivity contribution >= 4 is 39.4 Å². The number of carbonyl (C=O) groups excluding carboxylic acids is 2. The van der Waals surface area contributed by atoms with E-state index in [-0.39, 0.29) is 12.3 Å². The van der Waals surface area contributed by atoms with Crippen molar-refractivity contribution in [2.24, 2.45) is 0 Å². The summed E-state index contributed by atoms with van der Waals surface area (Å²) in [7, 11) is 1.28. The third-order valence-corrected chi connectivity index (χ3v) is 4.17. The van der Waals surface area contributed by atoms with Gasteiger partial charge >= 0.3 is 5.97 Å². The van der Waals surface area contributed by atoms with E-state index < -0.39 is 12.0 Å². The third kappa shape index (κ3) is 4.77. The minimum Gasteiger partial charge on any atom is -0.467 e. The number of nitrogens with one attached hydrogen (secondary N) is 1. The van der Waals surface area contributed by atoms with Crippen molar-refractivity contribution < 1.29 is 14.3 Å². The number of benzene rings is 1. The van der Waals surface area contributed by atoms with E-state index in [2.05, 4.69) is 26.2 Å². The van der Waals surface area contributed by atoms with Gasteiger partial charge < -0.3 is 10.1 Å². The zero-order valence-electron chi connectivity index (χ0n) is 12.3. The normalized spacial score (nSPS) is 11.6. The molecule has 1 atom stereocenters. The summed E-state index contributed by atoms with van der Waals surface area (Å²) in [5.41, 5.74) is 1.21. The van der Waals surface area contributed by atoms with Crippen LogP contribution < -0.4 is 5.32 Å². The molecule has 2 rings (SSSR count). The molecule has 120 valence electrons. The van der Waals surface area contributed by atoms with Crippen LogP contribution in [-0.4, -0.2) is 30.0 Å². The Balaban J connectivity index is 2.19. The predicted molar refractivity (Wildman–Crippen MR) is 90.4 cm³/mol. The van der Waals surface area contributed by atoms with Crippen LogP contribution >= 0.6 is 27.5 Å². The maximum atomic E-state index is 12.2. The fourth-order valence-electron chi connectivity index (χ4n) is 2.00. The molecule has 0 bridgehead atoms. The van der Waals surface area contributed by atoms with E-state index in [1.54, 1.807) is 30.3 Å². The summed E-state index contributed by atoms with van der Waals surface area (Å²) in [6.45, 7) is 0. The Hall–Kier alpha value is -1.92. The lowest BCUT2D eigenvalue weighted by molar-refractivity contribution is -0.142. The second-order valence-electron chi connectivity index (χ2n) is 4.72. The summed E-state index contributed by atoms with van der Waals surface area (Å²) in [4.78, 5) is 28.1. The first-order chi connectivity index (χ1) is 11.0. The number of carbonyl (C=O) groups is 2. The second-order valence-corrected chi connectivity index (χ2v) is 6.02. The standard InChI is InChI=1S/C16H14BrClN2O3/c1-23-16(22)14(9-11-8-12(18)2-3-13(11)17)20-15(21)10-4-6-19-7-5-10/h2-8,14H,9H2,1H3,(H,20,21)/t14-/m1/s1. The zero-order chi connectivity index (χ0) is 16.8. The second kappa shape index (κ2) is 8.08. The maximum Gasteiger partial charge on any atom is 0.328 e. The lowest BCUT2D eigenvalue weighted by Gasteiger charge is -2.17. The number of hydrogen-bond donors (Lipinski definition) is 1. The van der Waals surface area contributed by atoms with Crippen LogP contribution in [0.1, 0.15) is 15.9 Å². The van der Waals surface area contributed by atoms with Gasteiger partial charge in [0.2, 0.25) is 0 Å². The van der Waals surface area contributed by atoms with Crippen molar-refractivity contribution in [2.75, 3.05) is 7.11 Å². The molecule has 1 amide bonds. The van der Waals surface area contributed by atoms with Gasteiger partial charge in [0.05, 0.1) is 7.11 Å². The first kappa shape index (κ1) is 17.4. The molecule has 5 nitrogen and oxygen atoms in total. The van der Waals surface area contributed by atoms with Gasteiger partial charge in [0.15, 0.2) is 0 Å². The number of rotatable bonds is 5. The number of aromatic nitrogens is 1. The Bertz CT molecular complexity index is 710. The number of esters is 1. The fourth-order valence-corrected chi connectivity index (χ4v) is 2.60. The van der Waals surface area contributed by atoms with Crippen molar-refractivity contribution in [3.8, 4) is 0 Å². The molecule has 0 saturated carbocycles. The molecule has 0 radical (unpaired) electrons. The Morgan fingerprint density at radius 3 is 2.65 bits per heavy atom. The van der Waals surface area contributed by atoms with Gasteiger partial charge in [0, 0.05) is 33.9 Å². The van der Waals surface area contributed by atoms with E-state index in [0.29, 0.717) is 10.6 Å². The fraction of sp³-hybridized carbons (Fsp3) is 0.188. The largest absolute Gasteiger partial charge is 0.467 e. The highest BCUT2D eigenvalue weighted by Gasteiger charge is 2.23. The third-order valence-electron chi connectivity index (χ3n) is 3.17. The summed E-state index contributed by atoms with van der Waals surface area (Å²) >= 11 is 9.39. The van der Waals surface area contributed by atoms with E-state index in [1.807, 2.05) is 0 Å². The Kier molecular flexibility index (Phi) is 6.12. The molecule has 1 N–H and O–H groups in total. The number of ether oxygens (including phenoxy) is 1. The van der Waals surface area contributed by atoms with Crippen LogP contribution in [0.2, 0.25) is 5.02 Å². The van der Waals surface area contributed by atoms with Crippen molar-refractivity contribution in [3.05, 3.63) is 63.3 Å². The van der Waals surface area contributed by atoms with Crippen LogP contribution in [0.15, 0.2) is 47.2 Å². The van der Waals surface area contributed by atoms with Gasteiger partial charge in [-0.25, -0.2) is 4.79 Å². The van der Waals surface area contributed by atoms with Crippen molar-refractivity contribution in [2.45, 2.75) is 12.5 Å². The molecule has 0 spiro atoms. The summed E-state index contributed by atoms with van der Waals surface area (Å²) in [5, 5.41) is 3.22. The monoisotopic (exact) mass is 396 g/mol. The molecule has 0 saturated heterocycles. The Morgan fingerprint density at radius 2 is 2.00 bits per heavy atom. The maximum absolute atomic E-state index is 12.2. The van der Waals surface area contributed by atoms with E-state index in [0.717, 1.165) is 10.0 Å². The minimum absolute atomic E-state index is 0.255. The van der Waals surface area contributed by atoms with E-state index >= 15 is 0 Å². The SMILES string of the molecule is COC(=O)[C@@H](Cc1cc(Cl)ccc1Br)NC(=O)c1ccncc1. The van der Waals surface area contributed by atoms with Gasteiger partial charge in [-0.2, -0.15) is 0 Å². The highest BCUT2D eigenvalue weighted by molar-refractivity contribution is 9.10. The van der Waals surface area contributed by atoms with Crippen LogP contribution in [0.3, 0.4) is 0 Å². The molecule has 0 aliphatic carbocycles. The van der Waals surface area contributed by atoms with Crippen LogP contribution in [0, 0.1) is 0 Å². The quantitative estimate of drug-likeness (QED) is 0.788. The highest BCUT2D eigenvalue weighted by atomic mass is 79.9. The Labute approximate surface area is 147 Å². The van der Waals surface area contributed by atoms with Gasteiger partial charge in [-0.05, 0) is 35.9 Å². The molecular weight excluding hydrogens is 384 g/mol. The van der Waals surface area contributed by atoms with Crippen LogP contribution in [0.25, 0.3) is 0 Å². The molecule has 1 aromatic carbocycles. The summed E-state index contributed by atoms with van der Waals surface area (Å²) < 4.78 is 5.58. The molecular formula is C16H14BrClN2O3. The number of halogens is 2. The Morgan fingerprint density at radius 1 is 1.30 bits per heavy atom. The van der Waals surface area contributed by atoms with Crippen LogP contribution in [0.4, 0.5) is 0 Å². The van der Waals surface area contributed by atoms with Gasteiger partial charge in [0.1, 0.15) is 6.04 Å². The van der Waals surface area contributed by atoms with Gasteiger partial charge in [-0.3, -0.25) is 9.78 Å². The first-order valence-electron chi connectivity index (χ1n) is 6.74. The lowest BCUT2D eigenvalue weighted by Crippen LogP contribution is -2.43. The van der Waals surface area contributed by atoms with Crippen molar-refractivity contribution in [1.29, 1.82) is 0 Å². The summed E-state index contributed by atoms with van der Waals surface area (Å²) in [5.74, 6) is -0.903. The number of amides is 1. The highest BCUT2D eigenvalue weighted by Crippen LogP contribution is 2.22. The average molecular weight is 398 g/mol. The molecule has 23 heavy (non-hydrogen) atoms. The number of pyridine rings is 1.